The molecule has 0 radical (unpaired) electrons. The summed E-state index contributed by atoms with van der Waals surface area (Å²) in [6, 6.07) is 2.38. The summed E-state index contributed by atoms with van der Waals surface area (Å²) in [4.78, 5) is 21.3. The molecule has 5 heteroatoms. The number of hydrogen-bond donors (Lipinski definition) is 1. The summed E-state index contributed by atoms with van der Waals surface area (Å²) in [6.07, 6.45) is 0.494. The highest BCUT2D eigenvalue weighted by molar-refractivity contribution is 5.92. The Morgan fingerprint density at radius 1 is 1.53 bits per heavy atom. The lowest BCUT2D eigenvalue weighted by molar-refractivity contribution is -0.114. The monoisotopic (exact) mass is 211 g/mol. The van der Waals surface area contributed by atoms with Crippen LogP contribution in [0.5, 0.6) is 5.75 Å². The third-order valence-electron chi connectivity index (χ3n) is 1.72. The van der Waals surface area contributed by atoms with Crippen molar-refractivity contribution in [1.29, 1.82) is 0 Å². The molecule has 1 aromatic carbocycles. The number of amides is 1. The third kappa shape index (κ3) is 2.52. The van der Waals surface area contributed by atoms with E-state index in [0.717, 1.165) is 6.07 Å². The van der Waals surface area contributed by atoms with E-state index in [2.05, 4.69) is 5.32 Å². The van der Waals surface area contributed by atoms with Crippen LogP contribution < -0.4 is 10.1 Å². The van der Waals surface area contributed by atoms with Crippen molar-refractivity contribution in [3.05, 3.63) is 23.5 Å². The van der Waals surface area contributed by atoms with Crippen molar-refractivity contribution in [2.75, 3.05) is 12.4 Å². The van der Waals surface area contributed by atoms with E-state index in [1.807, 2.05) is 0 Å². The van der Waals surface area contributed by atoms with E-state index in [1.165, 1.54) is 20.1 Å². The summed E-state index contributed by atoms with van der Waals surface area (Å²) in [5.74, 6) is -1.14. The third-order valence-corrected chi connectivity index (χ3v) is 1.72. The molecule has 1 amide bonds. The summed E-state index contributed by atoms with van der Waals surface area (Å²) in [6.45, 7) is 1.28. The summed E-state index contributed by atoms with van der Waals surface area (Å²) >= 11 is 0. The number of ether oxygens (including phenoxy) is 1. The van der Waals surface area contributed by atoms with Gasteiger partial charge in [-0.3, -0.25) is 9.59 Å². The van der Waals surface area contributed by atoms with Crippen LogP contribution in [-0.2, 0) is 4.79 Å². The molecule has 1 N–H and O–H groups in total. The Morgan fingerprint density at radius 3 is 2.67 bits per heavy atom. The highest BCUT2D eigenvalue weighted by Crippen LogP contribution is 2.28. The first-order valence-electron chi connectivity index (χ1n) is 4.18. The van der Waals surface area contributed by atoms with E-state index < -0.39 is 5.82 Å². The summed E-state index contributed by atoms with van der Waals surface area (Å²) in [5.41, 5.74) is 0.282. The fraction of sp³-hybridized carbons (Fsp3) is 0.200. The number of carbonyl (C=O) groups is 2. The number of methoxy groups -OCH3 is 1. The molecule has 0 saturated heterocycles. The van der Waals surface area contributed by atoms with E-state index in [0.29, 0.717) is 6.29 Å². The Bertz CT molecular complexity index is 404. The zero-order valence-electron chi connectivity index (χ0n) is 8.33. The van der Waals surface area contributed by atoms with Gasteiger partial charge in [-0.25, -0.2) is 4.39 Å². The van der Waals surface area contributed by atoms with E-state index in [-0.39, 0.29) is 22.9 Å². The standard InChI is InChI=1S/C10H10FNO3/c1-6(14)12-9-4-7(5-13)3-8(11)10(9)15-2/h3-5H,1-2H3,(H,12,14). The Labute approximate surface area is 86.0 Å². The maximum Gasteiger partial charge on any atom is 0.221 e. The van der Waals surface area contributed by atoms with Crippen LogP contribution in [0, 0.1) is 5.82 Å². The number of anilines is 1. The van der Waals surface area contributed by atoms with Crippen LogP contribution in [0.3, 0.4) is 0 Å². The highest BCUT2D eigenvalue weighted by atomic mass is 19.1. The Kier molecular flexibility index (Phi) is 3.38. The van der Waals surface area contributed by atoms with Gasteiger partial charge in [0.2, 0.25) is 5.91 Å². The fourth-order valence-electron chi connectivity index (χ4n) is 1.17. The first-order chi connectivity index (χ1) is 7.08. The summed E-state index contributed by atoms with van der Waals surface area (Å²) in [7, 11) is 1.28. The largest absolute Gasteiger partial charge is 0.492 e. The molecule has 15 heavy (non-hydrogen) atoms. The number of nitrogens with one attached hydrogen (secondary N) is 1. The predicted molar refractivity (Wildman–Crippen MR) is 52.6 cm³/mol. The predicted octanol–water partition coefficient (Wildman–Crippen LogP) is 1.61. The number of rotatable bonds is 3. The Morgan fingerprint density at radius 2 is 2.20 bits per heavy atom. The molecule has 1 rings (SSSR count). The topological polar surface area (TPSA) is 55.4 Å². The molecule has 0 unspecified atom stereocenters. The lowest BCUT2D eigenvalue weighted by Gasteiger charge is -2.10. The maximum absolute atomic E-state index is 13.3. The molecule has 0 heterocycles. The SMILES string of the molecule is COc1c(F)cc(C=O)cc1NC(C)=O. The summed E-state index contributed by atoms with van der Waals surface area (Å²) < 4.78 is 18.1. The molecular weight excluding hydrogens is 201 g/mol. The first kappa shape index (κ1) is 11.2. The molecule has 0 aliphatic heterocycles. The van der Waals surface area contributed by atoms with Gasteiger partial charge in [0.25, 0.3) is 0 Å². The van der Waals surface area contributed by atoms with Crippen LogP contribution in [0.4, 0.5) is 10.1 Å². The van der Waals surface area contributed by atoms with Crippen LogP contribution in [0.2, 0.25) is 0 Å². The molecule has 80 valence electrons. The Balaban J connectivity index is 3.25. The lowest BCUT2D eigenvalue weighted by atomic mass is 10.2. The molecule has 0 aliphatic carbocycles. The van der Waals surface area contributed by atoms with Crippen molar-refractivity contribution in [3.8, 4) is 5.75 Å². The van der Waals surface area contributed by atoms with Crippen molar-refractivity contribution in [1.82, 2.24) is 0 Å². The van der Waals surface area contributed by atoms with E-state index in [4.69, 9.17) is 4.74 Å². The highest BCUT2D eigenvalue weighted by Gasteiger charge is 2.12. The molecule has 0 bridgehead atoms. The molecular formula is C10H10FNO3. The average Bonchev–Trinajstić information content (AvgIpc) is 2.16. The van der Waals surface area contributed by atoms with E-state index in [9.17, 15) is 14.0 Å². The lowest BCUT2D eigenvalue weighted by Crippen LogP contribution is -2.08. The van der Waals surface area contributed by atoms with Crippen LogP contribution in [0.15, 0.2) is 12.1 Å². The van der Waals surface area contributed by atoms with Gasteiger partial charge in [-0.2, -0.15) is 0 Å². The number of benzene rings is 1. The molecule has 4 nitrogen and oxygen atoms in total. The van der Waals surface area contributed by atoms with Gasteiger partial charge in [0.1, 0.15) is 6.29 Å². The minimum Gasteiger partial charge on any atom is -0.492 e. The Hall–Kier alpha value is -1.91. The van der Waals surface area contributed by atoms with Crippen molar-refractivity contribution < 1.29 is 18.7 Å². The van der Waals surface area contributed by atoms with Crippen molar-refractivity contribution in [2.24, 2.45) is 0 Å². The van der Waals surface area contributed by atoms with Crippen LogP contribution in [0.1, 0.15) is 17.3 Å². The van der Waals surface area contributed by atoms with Crippen LogP contribution >= 0.6 is 0 Å². The molecule has 0 aliphatic rings. The minimum atomic E-state index is -0.689. The minimum absolute atomic E-state index is 0.0872. The van der Waals surface area contributed by atoms with Crippen molar-refractivity contribution >= 4 is 17.9 Å². The second kappa shape index (κ2) is 4.54. The van der Waals surface area contributed by atoms with Crippen LogP contribution in [-0.4, -0.2) is 19.3 Å². The molecule has 0 saturated carbocycles. The second-order valence-corrected chi connectivity index (χ2v) is 2.88. The van der Waals surface area contributed by atoms with Gasteiger partial charge in [0.15, 0.2) is 11.6 Å². The normalized spacial score (nSPS) is 9.53. The fourth-order valence-corrected chi connectivity index (χ4v) is 1.17. The zero-order valence-corrected chi connectivity index (χ0v) is 8.33. The first-order valence-corrected chi connectivity index (χ1v) is 4.18. The number of carbonyl (C=O) groups excluding carboxylic acids is 2. The number of aldehydes is 1. The van der Waals surface area contributed by atoms with Gasteiger partial charge >= 0.3 is 0 Å². The summed E-state index contributed by atoms with van der Waals surface area (Å²) in [5, 5.41) is 2.38. The molecule has 0 fully saturated rings. The molecule has 1 aromatic rings. The van der Waals surface area contributed by atoms with Gasteiger partial charge < -0.3 is 10.1 Å². The molecule has 0 aromatic heterocycles. The molecule has 0 atom stereocenters. The second-order valence-electron chi connectivity index (χ2n) is 2.88. The zero-order chi connectivity index (χ0) is 11.4. The van der Waals surface area contributed by atoms with E-state index >= 15 is 0 Å². The molecule has 0 spiro atoms. The maximum atomic E-state index is 13.3. The van der Waals surface area contributed by atoms with E-state index in [1.54, 1.807) is 0 Å². The van der Waals surface area contributed by atoms with Gasteiger partial charge in [0.05, 0.1) is 12.8 Å². The van der Waals surface area contributed by atoms with Gasteiger partial charge in [0, 0.05) is 12.5 Å². The van der Waals surface area contributed by atoms with Crippen molar-refractivity contribution in [3.63, 3.8) is 0 Å². The number of halogens is 1. The van der Waals surface area contributed by atoms with Crippen molar-refractivity contribution in [2.45, 2.75) is 6.92 Å². The van der Waals surface area contributed by atoms with Crippen LogP contribution in [0.25, 0.3) is 0 Å². The van der Waals surface area contributed by atoms with Gasteiger partial charge in [-0.05, 0) is 12.1 Å². The van der Waals surface area contributed by atoms with Gasteiger partial charge in [-0.1, -0.05) is 0 Å². The quantitative estimate of drug-likeness (QED) is 0.772. The van der Waals surface area contributed by atoms with Gasteiger partial charge in [-0.15, -0.1) is 0 Å². The smallest absolute Gasteiger partial charge is 0.221 e. The average molecular weight is 211 g/mol. The number of hydrogen-bond acceptors (Lipinski definition) is 3.